The molecule has 0 bridgehead atoms. The summed E-state index contributed by atoms with van der Waals surface area (Å²) in [6, 6.07) is 0. The van der Waals surface area contributed by atoms with Crippen molar-refractivity contribution in [3.63, 3.8) is 0 Å². The topological polar surface area (TPSA) is 397 Å². The molecule has 0 fully saturated rings. The minimum Gasteiger partial charge on any atom is -0.379 e. The molecule has 0 aliphatic heterocycles. The Labute approximate surface area is 150 Å². The van der Waals surface area contributed by atoms with Gasteiger partial charge in [0.15, 0.2) is 42.7 Å². The van der Waals surface area contributed by atoms with Crippen molar-refractivity contribution in [2.24, 2.45) is 42.7 Å². The Morgan fingerprint density at radius 1 is 0.280 bits per heavy atom. The van der Waals surface area contributed by atoms with Crippen molar-refractivity contribution in [2.45, 2.75) is 0 Å². The maximum absolute atomic E-state index is 8.11. The summed E-state index contributed by atoms with van der Waals surface area (Å²) in [6.07, 6.45) is 0. The quantitative estimate of drug-likeness (QED) is 0.182. The number of hydrogen-bond acceptors (Lipinski definition) is 16. The first kappa shape index (κ1) is 58.2. The van der Waals surface area contributed by atoms with Crippen molar-refractivity contribution in [2.75, 3.05) is 0 Å². The van der Waals surface area contributed by atoms with Crippen molar-refractivity contribution in [1.29, 1.82) is 0 Å². The van der Waals surface area contributed by atoms with Gasteiger partial charge in [-0.3, -0.25) is 0 Å². The molecule has 0 rings (SSSR count). The van der Waals surface area contributed by atoms with Crippen LogP contribution in [0.4, 0.5) is 0 Å². The van der Waals surface area contributed by atoms with E-state index in [2.05, 4.69) is 0 Å². The monoisotopic (exact) mass is 466 g/mol. The van der Waals surface area contributed by atoms with Gasteiger partial charge in [0, 0.05) is 26.2 Å². The summed E-state index contributed by atoms with van der Waals surface area (Å²) in [5.74, 6) is 0. The fraction of sp³-hybridized carbons (Fsp3) is 0. The Balaban J connectivity index is -0.0000000166. The molecule has 0 aromatic heterocycles. The van der Waals surface area contributed by atoms with E-state index in [1.807, 2.05) is 0 Å². The molecular formula is H8N8O16Zr. The van der Waals surface area contributed by atoms with Gasteiger partial charge in [0.25, 0.3) is 0 Å². The summed E-state index contributed by atoms with van der Waals surface area (Å²) in [4.78, 5) is 64.9. The third-order valence-corrected chi connectivity index (χ3v) is 0. The first-order valence-corrected chi connectivity index (χ1v) is 3.06. The minimum atomic E-state index is 0. The Kier molecular flexibility index (Phi) is 1020. The summed E-state index contributed by atoms with van der Waals surface area (Å²) in [6.45, 7) is 0. The van der Waals surface area contributed by atoms with E-state index in [4.69, 9.17) is 80.9 Å². The molecule has 0 aliphatic rings. The molecule has 0 saturated heterocycles. The van der Waals surface area contributed by atoms with E-state index < -0.39 is 0 Å². The van der Waals surface area contributed by atoms with Crippen LogP contribution in [-0.4, -0.2) is 41.7 Å². The van der Waals surface area contributed by atoms with Crippen molar-refractivity contribution in [3.05, 3.63) is 39.3 Å². The number of rotatable bonds is 0. The molecular weight excluding hydrogens is 459 g/mol. The van der Waals surface area contributed by atoms with E-state index in [0.29, 0.717) is 0 Å². The zero-order valence-corrected chi connectivity index (χ0v) is 13.4. The molecule has 0 unspecified atom stereocenters. The van der Waals surface area contributed by atoms with Crippen LogP contribution in [0.2, 0.25) is 0 Å². The van der Waals surface area contributed by atoms with Crippen LogP contribution in [0.3, 0.4) is 0 Å². The Bertz CT molecular complexity index is 160. The third kappa shape index (κ3) is 428. The largest absolute Gasteiger partial charge is 0.379 e. The average molecular weight is 467 g/mol. The zero-order chi connectivity index (χ0) is 21.7. The molecule has 0 atom stereocenters. The molecule has 0 heterocycles. The maximum atomic E-state index is 8.11. The molecule has 0 aliphatic carbocycles. The van der Waals surface area contributed by atoms with Crippen LogP contribution in [0.1, 0.15) is 0 Å². The van der Waals surface area contributed by atoms with Crippen molar-refractivity contribution in [3.8, 4) is 0 Å². The summed E-state index contributed by atoms with van der Waals surface area (Å²) < 4.78 is 0. The molecule has 8 N–H and O–H groups in total. The van der Waals surface area contributed by atoms with Crippen LogP contribution in [0.15, 0.2) is 42.7 Å². The van der Waals surface area contributed by atoms with E-state index in [1.165, 1.54) is 42.7 Å². The second-order valence-corrected chi connectivity index (χ2v) is 0.653. The van der Waals surface area contributed by atoms with Gasteiger partial charge >= 0.3 is 0 Å². The van der Waals surface area contributed by atoms with Gasteiger partial charge in [-0.25, -0.2) is 0 Å². The van der Waals surface area contributed by atoms with Crippen LogP contribution in [-0.2, 0) is 26.2 Å². The standard InChI is InChI=1S/8HNO2.Zr/c8*2-1-3;/h8*(H,2,3);. The fourth-order valence-corrected chi connectivity index (χ4v) is 0. The first-order valence-electron chi connectivity index (χ1n) is 3.06. The fourth-order valence-electron chi connectivity index (χ4n) is 0. The molecule has 0 amide bonds. The summed E-state index contributed by atoms with van der Waals surface area (Å²) in [7, 11) is 0. The van der Waals surface area contributed by atoms with Gasteiger partial charge in [-0.15, -0.1) is 39.3 Å². The second-order valence-electron chi connectivity index (χ2n) is 0.653. The number of nitrogens with zero attached hydrogens (tertiary/aromatic N) is 8. The molecule has 0 saturated carbocycles. The summed E-state index contributed by atoms with van der Waals surface area (Å²) in [5, 5.41) is 63.1. The third-order valence-electron chi connectivity index (χ3n) is 0. The van der Waals surface area contributed by atoms with Crippen LogP contribution in [0.25, 0.3) is 0 Å². The predicted molar refractivity (Wildman–Crippen MR) is 60.7 cm³/mol. The van der Waals surface area contributed by atoms with E-state index in [1.54, 1.807) is 0 Å². The first-order chi connectivity index (χ1) is 11.3. The van der Waals surface area contributed by atoms with Gasteiger partial charge in [0.2, 0.25) is 0 Å². The Hall–Kier alpha value is -3.92. The van der Waals surface area contributed by atoms with Gasteiger partial charge in [-0.1, -0.05) is 0 Å². The maximum Gasteiger partial charge on any atom is 0.152 e. The molecule has 24 nitrogen and oxygen atoms in total. The SMILES string of the molecule is O=NO.O=NO.O=NO.O=NO.O=NO.O=NO.O=NO.O=NO.[Zr]. The molecule has 25 heteroatoms. The van der Waals surface area contributed by atoms with Crippen LogP contribution in [0.5, 0.6) is 0 Å². The number of hydrogen-bond donors (Lipinski definition) is 8. The Morgan fingerprint density at radius 2 is 0.280 bits per heavy atom. The van der Waals surface area contributed by atoms with Crippen LogP contribution >= 0.6 is 0 Å². The van der Waals surface area contributed by atoms with E-state index >= 15 is 0 Å². The smallest absolute Gasteiger partial charge is 0.152 e. The van der Waals surface area contributed by atoms with E-state index in [-0.39, 0.29) is 26.2 Å². The molecule has 25 heavy (non-hydrogen) atoms. The van der Waals surface area contributed by atoms with Crippen molar-refractivity contribution >= 4 is 0 Å². The molecule has 0 aromatic carbocycles. The molecule has 0 radical (unpaired) electrons. The Morgan fingerprint density at radius 3 is 0.280 bits per heavy atom. The van der Waals surface area contributed by atoms with Gasteiger partial charge in [-0.05, 0) is 0 Å². The van der Waals surface area contributed by atoms with Crippen molar-refractivity contribution < 1.29 is 67.9 Å². The molecule has 0 spiro atoms. The second kappa shape index (κ2) is 439. The summed E-state index contributed by atoms with van der Waals surface area (Å²) >= 11 is 0. The van der Waals surface area contributed by atoms with Crippen molar-refractivity contribution in [1.82, 2.24) is 0 Å². The minimum absolute atomic E-state index is 0. The van der Waals surface area contributed by atoms with E-state index in [0.717, 1.165) is 0 Å². The van der Waals surface area contributed by atoms with E-state index in [9.17, 15) is 0 Å². The van der Waals surface area contributed by atoms with Crippen LogP contribution in [0, 0.1) is 39.3 Å². The predicted octanol–water partition coefficient (Wildman–Crippen LogP) is 1.13. The zero-order valence-electron chi connectivity index (χ0n) is 10.9. The van der Waals surface area contributed by atoms with Crippen LogP contribution < -0.4 is 0 Å². The summed E-state index contributed by atoms with van der Waals surface area (Å²) in [5.41, 5.74) is 0. The normalized spacial score (nSPS) is 3.84. The van der Waals surface area contributed by atoms with Gasteiger partial charge in [0.05, 0.1) is 0 Å². The molecule has 148 valence electrons. The van der Waals surface area contributed by atoms with Gasteiger partial charge < -0.3 is 41.7 Å². The van der Waals surface area contributed by atoms with Gasteiger partial charge in [-0.2, -0.15) is 0 Å². The molecule has 0 aromatic rings. The average Bonchev–Trinajstić information content (AvgIpc) is 2.45. The van der Waals surface area contributed by atoms with Gasteiger partial charge in [0.1, 0.15) is 0 Å².